The van der Waals surface area contributed by atoms with E-state index in [1.165, 1.54) is 6.07 Å². The third-order valence-electron chi connectivity index (χ3n) is 3.88. The van der Waals surface area contributed by atoms with Crippen molar-refractivity contribution in [2.45, 2.75) is 38.2 Å². The van der Waals surface area contributed by atoms with Crippen LogP contribution in [0, 0.1) is 0 Å². The van der Waals surface area contributed by atoms with E-state index in [2.05, 4.69) is 0 Å². The molecule has 1 fully saturated rings. The summed E-state index contributed by atoms with van der Waals surface area (Å²) in [6.45, 7) is 0.782. The molecule has 1 aromatic heterocycles. The minimum absolute atomic E-state index is 0.132. The van der Waals surface area contributed by atoms with Crippen LogP contribution in [-0.2, 0) is 4.74 Å². The van der Waals surface area contributed by atoms with Crippen LogP contribution >= 0.6 is 0 Å². The van der Waals surface area contributed by atoms with Crippen molar-refractivity contribution in [2.75, 3.05) is 6.61 Å². The van der Waals surface area contributed by atoms with Crippen LogP contribution in [0.3, 0.4) is 0 Å². The minimum Gasteiger partial charge on any atom is -0.453 e. The Morgan fingerprint density at radius 2 is 2.10 bits per heavy atom. The first-order valence-corrected chi connectivity index (χ1v) is 7.42. The molecule has 21 heavy (non-hydrogen) atoms. The number of rotatable bonds is 4. The molecule has 0 N–H and O–H groups in total. The number of hydrogen-bond acceptors (Lipinski definition) is 4. The van der Waals surface area contributed by atoms with E-state index in [9.17, 15) is 9.59 Å². The Morgan fingerprint density at radius 1 is 1.24 bits per heavy atom. The number of benzene rings is 1. The number of carbonyl (C=O) groups is 1. The number of ketones is 1. The average Bonchev–Trinajstić information content (AvgIpc) is 2.53. The fourth-order valence-electron chi connectivity index (χ4n) is 2.69. The molecule has 1 aromatic carbocycles. The Balaban J connectivity index is 1.73. The highest BCUT2D eigenvalue weighted by Crippen LogP contribution is 2.19. The van der Waals surface area contributed by atoms with E-state index in [0.29, 0.717) is 23.8 Å². The molecule has 0 saturated carbocycles. The summed E-state index contributed by atoms with van der Waals surface area (Å²) in [7, 11) is 0. The summed E-state index contributed by atoms with van der Waals surface area (Å²) in [6.07, 6.45) is 4.47. The maximum Gasteiger partial charge on any atom is 0.198 e. The summed E-state index contributed by atoms with van der Waals surface area (Å²) in [6, 6.07) is 8.27. The molecule has 4 nitrogen and oxygen atoms in total. The van der Waals surface area contributed by atoms with E-state index in [-0.39, 0.29) is 23.1 Å². The lowest BCUT2D eigenvalue weighted by molar-refractivity contribution is 0.0103. The predicted molar refractivity (Wildman–Crippen MR) is 79.6 cm³/mol. The molecule has 2 heterocycles. The number of hydrogen-bond donors (Lipinski definition) is 0. The number of para-hydroxylation sites is 1. The zero-order valence-electron chi connectivity index (χ0n) is 11.8. The summed E-state index contributed by atoms with van der Waals surface area (Å²) >= 11 is 0. The quantitative estimate of drug-likeness (QED) is 0.809. The van der Waals surface area contributed by atoms with E-state index in [1.54, 1.807) is 24.3 Å². The molecule has 110 valence electrons. The Morgan fingerprint density at radius 3 is 2.90 bits per heavy atom. The van der Waals surface area contributed by atoms with Gasteiger partial charge in [0.15, 0.2) is 17.0 Å². The van der Waals surface area contributed by atoms with E-state index < -0.39 is 0 Å². The highest BCUT2D eigenvalue weighted by molar-refractivity contribution is 5.94. The summed E-state index contributed by atoms with van der Waals surface area (Å²) in [5.41, 5.74) is 0.288. The lowest BCUT2D eigenvalue weighted by Gasteiger charge is -2.21. The second-order valence-corrected chi connectivity index (χ2v) is 5.42. The van der Waals surface area contributed by atoms with Gasteiger partial charge < -0.3 is 9.15 Å². The second kappa shape index (κ2) is 6.22. The van der Waals surface area contributed by atoms with Gasteiger partial charge in [0, 0.05) is 19.1 Å². The Kier molecular flexibility index (Phi) is 4.15. The minimum atomic E-state index is -0.172. The summed E-state index contributed by atoms with van der Waals surface area (Å²) in [4.78, 5) is 24.2. The molecular weight excluding hydrogens is 268 g/mol. The van der Waals surface area contributed by atoms with Crippen molar-refractivity contribution < 1.29 is 13.9 Å². The second-order valence-electron chi connectivity index (χ2n) is 5.42. The molecule has 0 spiro atoms. The number of Topliss-reactive ketones (excluding diaryl/α,β-unsaturated/α-hetero) is 1. The van der Waals surface area contributed by atoms with Crippen LogP contribution in [0.15, 0.2) is 39.5 Å². The van der Waals surface area contributed by atoms with Crippen LogP contribution in [-0.4, -0.2) is 18.5 Å². The van der Waals surface area contributed by atoms with Crippen molar-refractivity contribution in [3.05, 3.63) is 46.3 Å². The number of fused-ring (bicyclic) bond motifs is 1. The van der Waals surface area contributed by atoms with Gasteiger partial charge in [0.05, 0.1) is 11.5 Å². The van der Waals surface area contributed by atoms with E-state index in [1.807, 2.05) is 0 Å². The zero-order valence-corrected chi connectivity index (χ0v) is 11.8. The normalized spacial score (nSPS) is 18.8. The highest BCUT2D eigenvalue weighted by atomic mass is 16.5. The Hall–Kier alpha value is -1.94. The Bertz CT molecular complexity index is 695. The van der Waals surface area contributed by atoms with E-state index >= 15 is 0 Å². The van der Waals surface area contributed by atoms with Crippen LogP contribution < -0.4 is 5.43 Å². The molecule has 1 aliphatic heterocycles. The molecule has 0 bridgehead atoms. The lowest BCUT2D eigenvalue weighted by atomic mass is 10.0. The molecular formula is C17H18O4. The monoisotopic (exact) mass is 286 g/mol. The topological polar surface area (TPSA) is 56.5 Å². The van der Waals surface area contributed by atoms with E-state index in [0.717, 1.165) is 25.9 Å². The first-order valence-electron chi connectivity index (χ1n) is 7.42. The fraction of sp³-hybridized carbons (Fsp3) is 0.412. The van der Waals surface area contributed by atoms with Crippen molar-refractivity contribution in [3.8, 4) is 0 Å². The van der Waals surface area contributed by atoms with Gasteiger partial charge in [-0.2, -0.15) is 0 Å². The predicted octanol–water partition coefficient (Wildman–Crippen LogP) is 3.33. The van der Waals surface area contributed by atoms with Gasteiger partial charge in [0.2, 0.25) is 0 Å². The van der Waals surface area contributed by atoms with Gasteiger partial charge in [-0.3, -0.25) is 9.59 Å². The lowest BCUT2D eigenvalue weighted by Crippen LogP contribution is -2.20. The molecule has 0 radical (unpaired) electrons. The molecule has 1 aliphatic rings. The molecule has 1 unspecified atom stereocenters. The standard InChI is InChI=1S/C17H18O4/c18-14(9-8-12-5-3-4-10-20-12)17-11-15(19)13-6-1-2-7-16(13)21-17/h1-2,6-7,11-12H,3-5,8-10H2. The van der Waals surface area contributed by atoms with Crippen LogP contribution in [0.5, 0.6) is 0 Å². The average molecular weight is 286 g/mol. The number of carbonyl (C=O) groups excluding carboxylic acids is 1. The van der Waals surface area contributed by atoms with Crippen molar-refractivity contribution >= 4 is 16.8 Å². The number of ether oxygens (including phenoxy) is 1. The molecule has 1 atom stereocenters. The summed E-state index contributed by atoms with van der Waals surface area (Å²) in [5, 5.41) is 0.504. The highest BCUT2D eigenvalue weighted by Gasteiger charge is 2.18. The maximum atomic E-state index is 12.2. The van der Waals surface area contributed by atoms with Crippen LogP contribution in [0.4, 0.5) is 0 Å². The molecule has 1 saturated heterocycles. The summed E-state index contributed by atoms with van der Waals surface area (Å²) < 4.78 is 11.2. The van der Waals surface area contributed by atoms with Crippen LogP contribution in [0.2, 0.25) is 0 Å². The van der Waals surface area contributed by atoms with Crippen LogP contribution in [0.25, 0.3) is 11.0 Å². The van der Waals surface area contributed by atoms with Gasteiger partial charge in [0.1, 0.15) is 5.58 Å². The molecule has 0 aliphatic carbocycles. The first kappa shape index (κ1) is 14.0. The van der Waals surface area contributed by atoms with Crippen LogP contribution in [0.1, 0.15) is 42.7 Å². The molecule has 2 aromatic rings. The molecule has 4 heteroatoms. The van der Waals surface area contributed by atoms with Crippen molar-refractivity contribution in [1.82, 2.24) is 0 Å². The van der Waals surface area contributed by atoms with Crippen molar-refractivity contribution in [1.29, 1.82) is 0 Å². The molecule has 0 amide bonds. The third kappa shape index (κ3) is 3.22. The van der Waals surface area contributed by atoms with Crippen molar-refractivity contribution in [2.24, 2.45) is 0 Å². The Labute approximate surface area is 122 Å². The SMILES string of the molecule is O=C(CCC1CCCCO1)c1cc(=O)c2ccccc2o1. The summed E-state index contributed by atoms with van der Waals surface area (Å²) in [5.74, 6) is 0.0153. The van der Waals surface area contributed by atoms with E-state index in [4.69, 9.17) is 9.15 Å². The zero-order chi connectivity index (χ0) is 14.7. The van der Waals surface area contributed by atoms with Crippen molar-refractivity contribution in [3.63, 3.8) is 0 Å². The largest absolute Gasteiger partial charge is 0.453 e. The van der Waals surface area contributed by atoms with Gasteiger partial charge in [-0.25, -0.2) is 0 Å². The maximum absolute atomic E-state index is 12.2. The van der Waals surface area contributed by atoms with Gasteiger partial charge in [-0.05, 0) is 37.8 Å². The van der Waals surface area contributed by atoms with Gasteiger partial charge in [0.25, 0.3) is 0 Å². The first-order chi connectivity index (χ1) is 10.2. The molecule has 3 rings (SSSR count). The smallest absolute Gasteiger partial charge is 0.198 e. The van der Waals surface area contributed by atoms with Gasteiger partial charge in [-0.15, -0.1) is 0 Å². The third-order valence-corrected chi connectivity index (χ3v) is 3.88. The van der Waals surface area contributed by atoms with Gasteiger partial charge >= 0.3 is 0 Å². The fourth-order valence-corrected chi connectivity index (χ4v) is 2.69. The van der Waals surface area contributed by atoms with Gasteiger partial charge in [-0.1, -0.05) is 12.1 Å².